The summed E-state index contributed by atoms with van der Waals surface area (Å²) in [5.74, 6) is 3.05. The van der Waals surface area contributed by atoms with Crippen LogP contribution >= 0.6 is 15.9 Å². The average molecular weight is 283 g/mol. The third-order valence-corrected chi connectivity index (χ3v) is 4.09. The van der Waals surface area contributed by atoms with E-state index in [9.17, 15) is 9.90 Å². The minimum atomic E-state index is -0.966. The smallest absolute Gasteiger partial charge is 0.155 e. The Bertz CT molecular complexity index is 390. The summed E-state index contributed by atoms with van der Waals surface area (Å²) >= 11 is 3.07. The molecular weight excluding hydrogens is 268 g/mol. The second kappa shape index (κ2) is 4.35. The molecule has 0 heterocycles. The van der Waals surface area contributed by atoms with Crippen molar-refractivity contribution in [2.45, 2.75) is 44.1 Å². The molecule has 16 heavy (non-hydrogen) atoms. The first-order valence-corrected chi connectivity index (χ1v) is 6.48. The highest BCUT2D eigenvalue weighted by molar-refractivity contribution is 9.12. The average Bonchev–Trinajstić information content (AvgIpc) is 2.27. The van der Waals surface area contributed by atoms with Crippen LogP contribution in [-0.2, 0) is 4.79 Å². The van der Waals surface area contributed by atoms with Gasteiger partial charge in [-0.1, -0.05) is 18.4 Å². The quantitative estimate of drug-likeness (QED) is 0.694. The SMILES string of the molecule is O=C1C=CC2(CCCCC2(O)C#CBr)CC1. The topological polar surface area (TPSA) is 37.3 Å². The Morgan fingerprint density at radius 2 is 2.06 bits per heavy atom. The van der Waals surface area contributed by atoms with Gasteiger partial charge in [0, 0.05) is 27.8 Å². The second-order valence-electron chi connectivity index (χ2n) is 4.74. The van der Waals surface area contributed by atoms with Gasteiger partial charge in [-0.25, -0.2) is 0 Å². The highest BCUT2D eigenvalue weighted by Gasteiger charge is 2.50. The van der Waals surface area contributed by atoms with Gasteiger partial charge in [0.2, 0.25) is 0 Å². The van der Waals surface area contributed by atoms with Crippen molar-refractivity contribution >= 4 is 21.7 Å². The van der Waals surface area contributed by atoms with Gasteiger partial charge in [0.25, 0.3) is 0 Å². The van der Waals surface area contributed by atoms with Crippen molar-refractivity contribution < 1.29 is 9.90 Å². The van der Waals surface area contributed by atoms with Crippen molar-refractivity contribution in [1.29, 1.82) is 0 Å². The largest absolute Gasteiger partial charge is 0.377 e. The third-order valence-electron chi connectivity index (χ3n) is 3.89. The molecule has 2 nitrogen and oxygen atoms in total. The Labute approximate surface area is 104 Å². The Hall–Kier alpha value is -0.590. The summed E-state index contributed by atoms with van der Waals surface area (Å²) in [4.78, 5) is 13.9. The van der Waals surface area contributed by atoms with Gasteiger partial charge in [-0.2, -0.15) is 0 Å². The van der Waals surface area contributed by atoms with Crippen LogP contribution in [0.5, 0.6) is 0 Å². The molecule has 2 unspecified atom stereocenters. The monoisotopic (exact) mass is 282 g/mol. The number of halogens is 1. The lowest BCUT2D eigenvalue weighted by Crippen LogP contribution is -2.49. The van der Waals surface area contributed by atoms with Crippen molar-refractivity contribution in [2.24, 2.45) is 5.41 Å². The highest BCUT2D eigenvalue weighted by atomic mass is 79.9. The van der Waals surface area contributed by atoms with Crippen LogP contribution in [0.2, 0.25) is 0 Å². The summed E-state index contributed by atoms with van der Waals surface area (Å²) in [6.45, 7) is 0. The van der Waals surface area contributed by atoms with Crippen molar-refractivity contribution in [2.75, 3.05) is 0 Å². The molecule has 0 aromatic carbocycles. The van der Waals surface area contributed by atoms with Gasteiger partial charge in [0.05, 0.1) is 0 Å². The molecule has 3 heteroatoms. The number of ketones is 1. The van der Waals surface area contributed by atoms with E-state index in [0.717, 1.165) is 25.7 Å². The molecule has 0 bridgehead atoms. The predicted octanol–water partition coefficient (Wildman–Crippen LogP) is 2.55. The number of hydrogen-bond donors (Lipinski definition) is 1. The molecule has 2 rings (SSSR count). The molecule has 1 fully saturated rings. The van der Waals surface area contributed by atoms with Gasteiger partial charge in [-0.05, 0) is 36.6 Å². The summed E-state index contributed by atoms with van der Waals surface area (Å²) in [6, 6.07) is 0. The maximum atomic E-state index is 11.2. The summed E-state index contributed by atoms with van der Waals surface area (Å²) in [7, 11) is 0. The van der Waals surface area contributed by atoms with E-state index in [-0.39, 0.29) is 11.2 Å². The molecule has 0 radical (unpaired) electrons. The molecule has 2 atom stereocenters. The van der Waals surface area contributed by atoms with E-state index >= 15 is 0 Å². The summed E-state index contributed by atoms with van der Waals surface area (Å²) in [5, 5.41) is 10.7. The zero-order valence-corrected chi connectivity index (χ0v) is 10.7. The molecular formula is C13H15BrO2. The van der Waals surface area contributed by atoms with Gasteiger partial charge in [-0.3, -0.25) is 4.79 Å². The van der Waals surface area contributed by atoms with Gasteiger partial charge < -0.3 is 5.11 Å². The first-order valence-electron chi connectivity index (χ1n) is 5.69. The van der Waals surface area contributed by atoms with E-state index in [1.807, 2.05) is 6.08 Å². The van der Waals surface area contributed by atoms with E-state index in [0.29, 0.717) is 12.8 Å². The summed E-state index contributed by atoms with van der Waals surface area (Å²) in [6.07, 6.45) is 8.50. The first-order chi connectivity index (χ1) is 7.62. The maximum Gasteiger partial charge on any atom is 0.155 e. The highest BCUT2D eigenvalue weighted by Crippen LogP contribution is 2.50. The number of carbonyl (C=O) groups is 1. The lowest BCUT2D eigenvalue weighted by Gasteiger charge is -2.47. The lowest BCUT2D eigenvalue weighted by atomic mass is 9.59. The molecule has 1 saturated carbocycles. The van der Waals surface area contributed by atoms with Crippen LogP contribution in [0.3, 0.4) is 0 Å². The number of hydrogen-bond acceptors (Lipinski definition) is 2. The fourth-order valence-electron chi connectivity index (χ4n) is 2.86. The van der Waals surface area contributed by atoms with Crippen LogP contribution in [0.25, 0.3) is 0 Å². The van der Waals surface area contributed by atoms with E-state index < -0.39 is 5.60 Å². The van der Waals surface area contributed by atoms with Gasteiger partial charge in [0.15, 0.2) is 5.78 Å². The molecule has 2 aliphatic rings. The molecule has 0 aromatic rings. The van der Waals surface area contributed by atoms with Crippen molar-refractivity contribution in [1.82, 2.24) is 0 Å². The Morgan fingerprint density at radius 3 is 2.69 bits per heavy atom. The van der Waals surface area contributed by atoms with Crippen LogP contribution in [0.4, 0.5) is 0 Å². The molecule has 0 amide bonds. The fourth-order valence-corrected chi connectivity index (χ4v) is 3.19. The molecule has 1 spiro atoms. The van der Waals surface area contributed by atoms with Gasteiger partial charge in [-0.15, -0.1) is 0 Å². The van der Waals surface area contributed by atoms with Crippen molar-refractivity contribution in [3.05, 3.63) is 12.2 Å². The van der Waals surface area contributed by atoms with E-state index in [2.05, 4.69) is 26.7 Å². The Morgan fingerprint density at radius 1 is 1.31 bits per heavy atom. The maximum absolute atomic E-state index is 11.2. The molecule has 0 aromatic heterocycles. The van der Waals surface area contributed by atoms with Gasteiger partial charge in [0.1, 0.15) is 5.60 Å². The normalized spacial score (nSPS) is 38.2. The van der Waals surface area contributed by atoms with Crippen LogP contribution in [0.15, 0.2) is 12.2 Å². The number of aliphatic hydroxyl groups is 1. The number of rotatable bonds is 0. The van der Waals surface area contributed by atoms with Crippen molar-refractivity contribution in [3.63, 3.8) is 0 Å². The summed E-state index contributed by atoms with van der Waals surface area (Å²) in [5.41, 5.74) is -1.27. The zero-order valence-electron chi connectivity index (χ0n) is 9.13. The standard InChI is InChI=1S/C13H15BrO2/c14-10-9-13(16)6-2-1-5-12(13)7-3-11(15)4-8-12/h3,7,16H,1-2,4-6,8H2. The molecule has 0 saturated heterocycles. The lowest BCUT2D eigenvalue weighted by molar-refractivity contribution is -0.117. The molecule has 86 valence electrons. The van der Waals surface area contributed by atoms with Gasteiger partial charge >= 0.3 is 0 Å². The Balaban J connectivity index is 2.38. The van der Waals surface area contributed by atoms with Crippen LogP contribution in [0, 0.1) is 16.2 Å². The minimum Gasteiger partial charge on any atom is -0.377 e. The van der Waals surface area contributed by atoms with Crippen LogP contribution in [0.1, 0.15) is 38.5 Å². The third kappa shape index (κ3) is 1.85. The van der Waals surface area contributed by atoms with Crippen molar-refractivity contribution in [3.8, 4) is 10.8 Å². The zero-order chi connectivity index (χ0) is 11.6. The summed E-state index contributed by atoms with van der Waals surface area (Å²) < 4.78 is 0. The van der Waals surface area contributed by atoms with Crippen LogP contribution in [-0.4, -0.2) is 16.5 Å². The fraction of sp³-hybridized carbons (Fsp3) is 0.615. The second-order valence-corrected chi connectivity index (χ2v) is 5.14. The predicted molar refractivity (Wildman–Crippen MR) is 65.9 cm³/mol. The molecule has 1 N–H and O–H groups in total. The minimum absolute atomic E-state index is 0.158. The Kier molecular flexibility index (Phi) is 3.23. The van der Waals surface area contributed by atoms with E-state index in [1.165, 1.54) is 0 Å². The number of carbonyl (C=O) groups excluding carboxylic acids is 1. The number of allylic oxidation sites excluding steroid dienone is 1. The first kappa shape index (κ1) is 11.9. The van der Waals surface area contributed by atoms with E-state index in [1.54, 1.807) is 6.08 Å². The molecule has 0 aliphatic heterocycles. The molecule has 2 aliphatic carbocycles. The van der Waals surface area contributed by atoms with Crippen LogP contribution < -0.4 is 0 Å². The van der Waals surface area contributed by atoms with E-state index in [4.69, 9.17) is 0 Å².